The molecule has 18 heavy (non-hydrogen) atoms. The Kier molecular flexibility index (Phi) is 2.86. The Balaban J connectivity index is 1.74. The van der Waals surface area contributed by atoms with Gasteiger partial charge in [-0.05, 0) is 38.3 Å². The molecule has 5 nitrogen and oxygen atoms in total. The molecule has 0 saturated carbocycles. The van der Waals surface area contributed by atoms with Crippen molar-refractivity contribution in [2.24, 2.45) is 18.9 Å². The lowest BCUT2D eigenvalue weighted by Crippen LogP contribution is -2.48. The predicted molar refractivity (Wildman–Crippen MR) is 69.4 cm³/mol. The lowest BCUT2D eigenvalue weighted by atomic mass is 9.88. The first kappa shape index (κ1) is 11.7. The van der Waals surface area contributed by atoms with Crippen LogP contribution in [-0.2, 0) is 24.7 Å². The maximum absolute atomic E-state index is 12.2. The molecule has 1 aromatic heterocycles. The molecule has 0 bridgehead atoms. The first-order chi connectivity index (χ1) is 8.66. The average Bonchev–Trinajstić information content (AvgIpc) is 2.79. The zero-order valence-electron chi connectivity index (χ0n) is 11.0. The molecular formula is C13H20N4O. The molecule has 1 fully saturated rings. The first-order valence-electron chi connectivity index (χ1n) is 6.73. The third-order valence-electron chi connectivity index (χ3n) is 4.24. The number of aryl methyl sites for hydroxylation is 2. The Bertz CT molecular complexity index is 476. The van der Waals surface area contributed by atoms with Crippen LogP contribution >= 0.6 is 0 Å². The molecule has 3 rings (SSSR count). The van der Waals surface area contributed by atoms with Gasteiger partial charge < -0.3 is 10.6 Å². The van der Waals surface area contributed by atoms with Crippen molar-refractivity contribution >= 4 is 11.7 Å². The number of fused-ring (bicyclic) bond motifs is 1. The lowest BCUT2D eigenvalue weighted by molar-refractivity contribution is -0.121. The summed E-state index contributed by atoms with van der Waals surface area (Å²) in [5, 5.41) is 10.8. The van der Waals surface area contributed by atoms with Crippen molar-refractivity contribution in [1.29, 1.82) is 0 Å². The average molecular weight is 248 g/mol. The van der Waals surface area contributed by atoms with Crippen molar-refractivity contribution in [3.63, 3.8) is 0 Å². The molecule has 1 unspecified atom stereocenters. The van der Waals surface area contributed by atoms with Gasteiger partial charge in [-0.2, -0.15) is 5.10 Å². The van der Waals surface area contributed by atoms with E-state index >= 15 is 0 Å². The van der Waals surface area contributed by atoms with Gasteiger partial charge in [0.05, 0.1) is 5.69 Å². The molecule has 0 radical (unpaired) electrons. The van der Waals surface area contributed by atoms with Gasteiger partial charge in [-0.3, -0.25) is 9.48 Å². The number of rotatable bonds is 3. The fourth-order valence-electron chi connectivity index (χ4n) is 2.79. The van der Waals surface area contributed by atoms with E-state index in [4.69, 9.17) is 0 Å². The molecule has 0 aromatic carbocycles. The number of nitrogens with one attached hydrogen (secondary N) is 2. The normalized spacial score (nSPS) is 20.3. The van der Waals surface area contributed by atoms with Crippen LogP contribution in [0.4, 0.5) is 5.82 Å². The van der Waals surface area contributed by atoms with Gasteiger partial charge in [0.2, 0.25) is 5.91 Å². The number of carbonyl (C=O) groups is 1. The molecule has 1 amide bonds. The van der Waals surface area contributed by atoms with Gasteiger partial charge in [0, 0.05) is 18.5 Å². The predicted octanol–water partition coefficient (Wildman–Crippen LogP) is 0.703. The molecular weight excluding hydrogens is 228 g/mol. The topological polar surface area (TPSA) is 59.0 Å². The maximum Gasteiger partial charge on any atom is 0.228 e. The molecule has 2 aliphatic rings. The molecule has 2 N–H and O–H groups in total. The van der Waals surface area contributed by atoms with Gasteiger partial charge in [-0.15, -0.1) is 0 Å². The summed E-state index contributed by atoms with van der Waals surface area (Å²) in [5.41, 5.74) is 2.40. The number of hydrogen-bond donors (Lipinski definition) is 2. The molecule has 1 aromatic rings. The van der Waals surface area contributed by atoms with E-state index in [0.717, 1.165) is 43.9 Å². The van der Waals surface area contributed by atoms with Gasteiger partial charge in [-0.25, -0.2) is 0 Å². The SMILES string of the molecule is CC(C(=O)Nc1c2c(nn1C)CCC2)C1CNC1. The zero-order chi connectivity index (χ0) is 12.7. The Morgan fingerprint density at radius 2 is 2.28 bits per heavy atom. The largest absolute Gasteiger partial charge is 0.316 e. The maximum atomic E-state index is 12.2. The highest BCUT2D eigenvalue weighted by molar-refractivity contribution is 5.92. The molecule has 2 heterocycles. The molecule has 98 valence electrons. The number of hydrogen-bond acceptors (Lipinski definition) is 3. The second-order valence-corrected chi connectivity index (χ2v) is 5.45. The van der Waals surface area contributed by atoms with Crippen LogP contribution in [0.25, 0.3) is 0 Å². The van der Waals surface area contributed by atoms with Gasteiger partial charge in [0.1, 0.15) is 5.82 Å². The quantitative estimate of drug-likeness (QED) is 0.828. The molecule has 0 spiro atoms. The van der Waals surface area contributed by atoms with Crippen LogP contribution in [0.5, 0.6) is 0 Å². The van der Waals surface area contributed by atoms with Crippen LogP contribution in [0, 0.1) is 11.8 Å². The zero-order valence-corrected chi connectivity index (χ0v) is 11.0. The minimum Gasteiger partial charge on any atom is -0.316 e. The number of nitrogens with zero attached hydrogens (tertiary/aromatic N) is 2. The summed E-state index contributed by atoms with van der Waals surface area (Å²) in [7, 11) is 1.91. The highest BCUT2D eigenvalue weighted by Crippen LogP contribution is 2.29. The van der Waals surface area contributed by atoms with E-state index in [1.165, 1.54) is 5.56 Å². The summed E-state index contributed by atoms with van der Waals surface area (Å²) in [5.74, 6) is 1.58. The monoisotopic (exact) mass is 248 g/mol. The van der Waals surface area contributed by atoms with Crippen molar-refractivity contribution in [1.82, 2.24) is 15.1 Å². The van der Waals surface area contributed by atoms with Crippen LogP contribution in [0.3, 0.4) is 0 Å². The Morgan fingerprint density at radius 1 is 1.50 bits per heavy atom. The van der Waals surface area contributed by atoms with Gasteiger partial charge in [-0.1, -0.05) is 6.92 Å². The molecule has 1 aliphatic carbocycles. The fourth-order valence-corrected chi connectivity index (χ4v) is 2.79. The van der Waals surface area contributed by atoms with E-state index in [0.29, 0.717) is 5.92 Å². The summed E-state index contributed by atoms with van der Waals surface area (Å²) >= 11 is 0. The van der Waals surface area contributed by atoms with E-state index in [1.807, 2.05) is 18.7 Å². The first-order valence-corrected chi connectivity index (χ1v) is 6.73. The van der Waals surface area contributed by atoms with Crippen LogP contribution in [0.1, 0.15) is 24.6 Å². The summed E-state index contributed by atoms with van der Waals surface area (Å²) in [6.45, 7) is 3.92. The van der Waals surface area contributed by atoms with Crippen LogP contribution in [0.15, 0.2) is 0 Å². The third-order valence-corrected chi connectivity index (χ3v) is 4.24. The highest BCUT2D eigenvalue weighted by Gasteiger charge is 2.30. The van der Waals surface area contributed by atoms with Crippen molar-refractivity contribution < 1.29 is 4.79 Å². The highest BCUT2D eigenvalue weighted by atomic mass is 16.2. The van der Waals surface area contributed by atoms with Crippen LogP contribution in [-0.4, -0.2) is 28.8 Å². The van der Waals surface area contributed by atoms with Gasteiger partial charge >= 0.3 is 0 Å². The second kappa shape index (κ2) is 4.39. The standard InChI is InChI=1S/C13H20N4O/c1-8(9-6-14-7-9)13(18)15-12-10-4-3-5-11(10)16-17(12)2/h8-9,14H,3-7H2,1-2H3,(H,15,18). The Morgan fingerprint density at radius 3 is 2.94 bits per heavy atom. The summed E-state index contributed by atoms with van der Waals surface area (Å²) in [6.07, 6.45) is 3.24. The van der Waals surface area contributed by atoms with E-state index in [2.05, 4.69) is 15.7 Å². The fraction of sp³-hybridized carbons (Fsp3) is 0.692. The Hall–Kier alpha value is -1.36. The van der Waals surface area contributed by atoms with Crippen molar-refractivity contribution in [3.8, 4) is 0 Å². The number of amides is 1. The smallest absolute Gasteiger partial charge is 0.228 e. The van der Waals surface area contributed by atoms with Gasteiger partial charge in [0.25, 0.3) is 0 Å². The Labute approximate surface area is 107 Å². The van der Waals surface area contributed by atoms with E-state index in [-0.39, 0.29) is 11.8 Å². The van der Waals surface area contributed by atoms with Crippen molar-refractivity contribution in [3.05, 3.63) is 11.3 Å². The van der Waals surface area contributed by atoms with Crippen LogP contribution in [0.2, 0.25) is 0 Å². The van der Waals surface area contributed by atoms with Crippen molar-refractivity contribution in [2.75, 3.05) is 18.4 Å². The number of carbonyl (C=O) groups excluding carboxylic acids is 1. The van der Waals surface area contributed by atoms with E-state index < -0.39 is 0 Å². The minimum absolute atomic E-state index is 0.0678. The van der Waals surface area contributed by atoms with Crippen LogP contribution < -0.4 is 10.6 Å². The summed E-state index contributed by atoms with van der Waals surface area (Å²) in [6, 6.07) is 0. The summed E-state index contributed by atoms with van der Waals surface area (Å²) < 4.78 is 1.81. The van der Waals surface area contributed by atoms with Crippen molar-refractivity contribution in [2.45, 2.75) is 26.2 Å². The number of anilines is 1. The van der Waals surface area contributed by atoms with Gasteiger partial charge in [0.15, 0.2) is 0 Å². The second-order valence-electron chi connectivity index (χ2n) is 5.45. The van der Waals surface area contributed by atoms with E-state index in [9.17, 15) is 4.79 Å². The van der Waals surface area contributed by atoms with E-state index in [1.54, 1.807) is 0 Å². The lowest BCUT2D eigenvalue weighted by Gasteiger charge is -2.31. The minimum atomic E-state index is 0.0678. The molecule has 1 saturated heterocycles. The summed E-state index contributed by atoms with van der Waals surface area (Å²) in [4.78, 5) is 12.2. The molecule has 1 aliphatic heterocycles. The molecule has 1 atom stereocenters. The third kappa shape index (κ3) is 1.82. The molecule has 5 heteroatoms. The number of aromatic nitrogens is 2.